The van der Waals surface area contributed by atoms with Crippen LogP contribution >= 0.6 is 11.3 Å². The minimum Gasteiger partial charge on any atom is -0.396 e. The summed E-state index contributed by atoms with van der Waals surface area (Å²) in [4.78, 5) is 19.2. The molecule has 0 spiro atoms. The molecule has 0 saturated heterocycles. The van der Waals surface area contributed by atoms with E-state index >= 15 is 0 Å². The molecule has 0 saturated carbocycles. The van der Waals surface area contributed by atoms with Gasteiger partial charge in [0.05, 0.1) is 5.69 Å². The number of nitrogens with zero attached hydrogens (tertiary/aromatic N) is 2. The maximum atomic E-state index is 12.3. The van der Waals surface area contributed by atoms with Gasteiger partial charge in [-0.25, -0.2) is 4.98 Å². The summed E-state index contributed by atoms with van der Waals surface area (Å²) in [7, 11) is 3.81. The number of aliphatic hydroxyl groups excluding tert-OH is 1. The Morgan fingerprint density at radius 1 is 1.53 bits per heavy atom. The zero-order valence-corrected chi connectivity index (χ0v) is 13.1. The Morgan fingerprint density at radius 2 is 2.16 bits per heavy atom. The van der Waals surface area contributed by atoms with Gasteiger partial charge in [0.25, 0.3) is 5.91 Å². The number of aromatic nitrogens is 1. The van der Waals surface area contributed by atoms with Gasteiger partial charge in [-0.3, -0.25) is 4.79 Å². The van der Waals surface area contributed by atoms with Crippen LogP contribution in [0.4, 0.5) is 5.13 Å². The van der Waals surface area contributed by atoms with Crippen LogP contribution in [0.1, 0.15) is 42.1 Å². The van der Waals surface area contributed by atoms with Crippen molar-refractivity contribution in [3.63, 3.8) is 0 Å². The summed E-state index contributed by atoms with van der Waals surface area (Å²) >= 11 is 1.39. The van der Waals surface area contributed by atoms with E-state index in [2.05, 4.69) is 10.3 Å². The summed E-state index contributed by atoms with van der Waals surface area (Å²) < 4.78 is 0. The molecule has 19 heavy (non-hydrogen) atoms. The third kappa shape index (κ3) is 3.91. The number of aliphatic hydroxyl groups is 1. The van der Waals surface area contributed by atoms with Gasteiger partial charge in [-0.15, -0.1) is 0 Å². The lowest BCUT2D eigenvalue weighted by molar-refractivity contribution is 0.0889. The number of carbonyl (C=O) groups excluding carboxylic acids is 1. The quantitative estimate of drug-likeness (QED) is 0.836. The van der Waals surface area contributed by atoms with Crippen molar-refractivity contribution >= 4 is 22.4 Å². The van der Waals surface area contributed by atoms with E-state index in [0.29, 0.717) is 11.3 Å². The van der Waals surface area contributed by atoms with Crippen molar-refractivity contribution in [2.75, 3.05) is 25.6 Å². The lowest BCUT2D eigenvalue weighted by Gasteiger charge is -2.28. The van der Waals surface area contributed by atoms with Crippen LogP contribution in [0.15, 0.2) is 0 Å². The van der Waals surface area contributed by atoms with Gasteiger partial charge in [0, 0.05) is 26.2 Å². The van der Waals surface area contributed by atoms with Gasteiger partial charge in [0.15, 0.2) is 5.13 Å². The number of hydrogen-bond acceptors (Lipinski definition) is 5. The van der Waals surface area contributed by atoms with Crippen molar-refractivity contribution in [2.45, 2.75) is 39.2 Å². The van der Waals surface area contributed by atoms with E-state index in [9.17, 15) is 4.79 Å². The molecule has 1 atom stereocenters. The molecule has 1 heterocycles. The summed E-state index contributed by atoms with van der Waals surface area (Å²) in [6, 6.07) is 0. The summed E-state index contributed by atoms with van der Waals surface area (Å²) in [5.74, 6) is -0.110. The number of rotatable bonds is 6. The van der Waals surface area contributed by atoms with Gasteiger partial charge in [-0.1, -0.05) is 18.3 Å². The molecule has 1 rings (SSSR count). The number of aryl methyl sites for hydroxylation is 1. The SMILES string of the molecule is CCC(C)(CCO)NC(=O)c1sc(N(C)C)nc1C. The predicted molar refractivity (Wildman–Crippen MR) is 79.0 cm³/mol. The molecule has 1 unspecified atom stereocenters. The first-order chi connectivity index (χ1) is 8.83. The second-order valence-corrected chi connectivity index (χ2v) is 6.12. The Bertz CT molecular complexity index is 445. The van der Waals surface area contributed by atoms with Crippen LogP contribution < -0.4 is 10.2 Å². The first kappa shape index (κ1) is 15.9. The van der Waals surface area contributed by atoms with Gasteiger partial charge in [0.2, 0.25) is 0 Å². The molecule has 0 aliphatic rings. The highest BCUT2D eigenvalue weighted by Gasteiger charge is 2.26. The average molecular weight is 285 g/mol. The molecule has 0 fully saturated rings. The van der Waals surface area contributed by atoms with Crippen LogP contribution in [-0.2, 0) is 0 Å². The summed E-state index contributed by atoms with van der Waals surface area (Å²) in [5.41, 5.74) is 0.370. The fraction of sp³-hybridized carbons (Fsp3) is 0.692. The molecule has 5 nitrogen and oxygen atoms in total. The largest absolute Gasteiger partial charge is 0.396 e. The Morgan fingerprint density at radius 3 is 2.58 bits per heavy atom. The average Bonchev–Trinajstić information content (AvgIpc) is 2.72. The topological polar surface area (TPSA) is 65.5 Å². The lowest BCUT2D eigenvalue weighted by atomic mass is 9.95. The van der Waals surface area contributed by atoms with Crippen molar-refractivity contribution in [3.05, 3.63) is 10.6 Å². The maximum absolute atomic E-state index is 12.3. The van der Waals surface area contributed by atoms with Crippen molar-refractivity contribution in [3.8, 4) is 0 Å². The second kappa shape index (κ2) is 6.34. The van der Waals surface area contributed by atoms with Crippen LogP contribution in [0, 0.1) is 6.92 Å². The summed E-state index contributed by atoms with van der Waals surface area (Å²) in [6.45, 7) is 5.86. The van der Waals surface area contributed by atoms with Crippen molar-refractivity contribution in [1.82, 2.24) is 10.3 Å². The molecule has 0 aliphatic carbocycles. The van der Waals surface area contributed by atoms with Crippen LogP contribution in [0.3, 0.4) is 0 Å². The molecule has 1 aromatic rings. The van der Waals surface area contributed by atoms with E-state index in [1.165, 1.54) is 11.3 Å². The molecular weight excluding hydrogens is 262 g/mol. The van der Waals surface area contributed by atoms with E-state index in [-0.39, 0.29) is 18.1 Å². The third-order valence-corrected chi connectivity index (χ3v) is 4.56. The zero-order valence-electron chi connectivity index (χ0n) is 12.3. The smallest absolute Gasteiger partial charge is 0.263 e. The second-order valence-electron chi connectivity index (χ2n) is 5.15. The fourth-order valence-corrected chi connectivity index (χ4v) is 2.57. The van der Waals surface area contributed by atoms with Gasteiger partial charge >= 0.3 is 0 Å². The molecule has 108 valence electrons. The van der Waals surface area contributed by atoms with Crippen LogP contribution in [0.5, 0.6) is 0 Å². The first-order valence-corrected chi connectivity index (χ1v) is 7.22. The number of thiazole rings is 1. The zero-order chi connectivity index (χ0) is 14.6. The van der Waals surface area contributed by atoms with E-state index < -0.39 is 0 Å². The first-order valence-electron chi connectivity index (χ1n) is 6.41. The van der Waals surface area contributed by atoms with E-state index in [1.807, 2.05) is 39.8 Å². The number of hydrogen-bond donors (Lipinski definition) is 2. The molecule has 0 aromatic carbocycles. The van der Waals surface area contributed by atoms with Crippen LogP contribution in [0.2, 0.25) is 0 Å². The molecule has 0 bridgehead atoms. The predicted octanol–water partition coefficient (Wildman–Crippen LogP) is 1.80. The normalized spacial score (nSPS) is 14.0. The third-order valence-electron chi connectivity index (χ3n) is 3.23. The molecule has 1 aromatic heterocycles. The molecule has 0 radical (unpaired) electrons. The van der Waals surface area contributed by atoms with Gasteiger partial charge in [-0.05, 0) is 26.7 Å². The molecule has 0 aliphatic heterocycles. The van der Waals surface area contributed by atoms with Gasteiger partial charge in [0.1, 0.15) is 4.88 Å². The highest BCUT2D eigenvalue weighted by molar-refractivity contribution is 7.17. The standard InChI is InChI=1S/C13H23N3O2S/c1-6-13(3,7-8-17)15-11(18)10-9(2)14-12(19-10)16(4)5/h17H,6-8H2,1-5H3,(H,15,18). The van der Waals surface area contributed by atoms with Crippen LogP contribution in [-0.4, -0.2) is 42.2 Å². The highest BCUT2D eigenvalue weighted by atomic mass is 32.1. The number of anilines is 1. The van der Waals surface area contributed by atoms with Crippen molar-refractivity contribution in [2.24, 2.45) is 0 Å². The summed E-state index contributed by atoms with van der Waals surface area (Å²) in [5, 5.41) is 12.9. The molecule has 1 amide bonds. The fourth-order valence-electron chi connectivity index (χ4n) is 1.69. The van der Waals surface area contributed by atoms with E-state index in [4.69, 9.17) is 5.11 Å². The lowest BCUT2D eigenvalue weighted by Crippen LogP contribution is -2.46. The minimum absolute atomic E-state index is 0.0647. The monoisotopic (exact) mass is 285 g/mol. The number of nitrogens with one attached hydrogen (secondary N) is 1. The summed E-state index contributed by atoms with van der Waals surface area (Å²) in [6.07, 6.45) is 1.32. The van der Waals surface area contributed by atoms with Crippen molar-refractivity contribution in [1.29, 1.82) is 0 Å². The number of carbonyl (C=O) groups is 1. The Labute approximate surface area is 118 Å². The minimum atomic E-state index is -0.374. The Kier molecular flexibility index (Phi) is 5.31. The number of amides is 1. The van der Waals surface area contributed by atoms with Gasteiger partial charge in [-0.2, -0.15) is 0 Å². The maximum Gasteiger partial charge on any atom is 0.263 e. The highest BCUT2D eigenvalue weighted by Crippen LogP contribution is 2.25. The Hall–Kier alpha value is -1.14. The molecule has 2 N–H and O–H groups in total. The molecule has 6 heteroatoms. The molecular formula is C13H23N3O2S. The van der Waals surface area contributed by atoms with Crippen LogP contribution in [0.25, 0.3) is 0 Å². The Balaban J connectivity index is 2.88. The van der Waals surface area contributed by atoms with E-state index in [0.717, 1.165) is 17.2 Å². The van der Waals surface area contributed by atoms with Crippen molar-refractivity contribution < 1.29 is 9.90 Å². The van der Waals surface area contributed by atoms with E-state index in [1.54, 1.807) is 0 Å². The van der Waals surface area contributed by atoms with Gasteiger partial charge < -0.3 is 15.3 Å².